The Hall–Kier alpha value is -1.58. The van der Waals surface area contributed by atoms with Crippen molar-refractivity contribution in [3.05, 3.63) is 23.7 Å². The number of Topliss-reactive ketones (excluding diaryl/α,β-unsaturated/α-hetero) is 1. The van der Waals surface area contributed by atoms with E-state index < -0.39 is 0 Å². The van der Waals surface area contributed by atoms with Crippen molar-refractivity contribution in [1.29, 1.82) is 0 Å². The number of ketones is 1. The number of rotatable bonds is 3. The van der Waals surface area contributed by atoms with E-state index in [0.717, 1.165) is 0 Å². The van der Waals surface area contributed by atoms with Crippen LogP contribution in [-0.4, -0.2) is 11.8 Å². The number of hydrogen-bond acceptors (Lipinski definition) is 4. The van der Waals surface area contributed by atoms with Crippen LogP contribution in [0.3, 0.4) is 0 Å². The smallest absolute Gasteiger partial charge is 0.302 e. The molecule has 0 saturated heterocycles. The first kappa shape index (κ1) is 9.51. The van der Waals surface area contributed by atoms with Gasteiger partial charge in [0, 0.05) is 19.4 Å². The molecule has 0 saturated carbocycles. The standard InChI is InChI=1S/C9H10O4/c1-6(10)9-8(3-4-12-9)5-13-7(2)11/h3-4H,5H2,1-2H3. The van der Waals surface area contributed by atoms with Crippen molar-refractivity contribution < 1.29 is 18.7 Å². The van der Waals surface area contributed by atoms with E-state index >= 15 is 0 Å². The van der Waals surface area contributed by atoms with Crippen molar-refractivity contribution in [2.75, 3.05) is 0 Å². The Balaban J connectivity index is 2.71. The SMILES string of the molecule is CC(=O)OCc1ccoc1C(C)=O. The maximum Gasteiger partial charge on any atom is 0.302 e. The number of carbonyl (C=O) groups excluding carboxylic acids is 2. The van der Waals surface area contributed by atoms with Crippen molar-refractivity contribution in [2.45, 2.75) is 20.5 Å². The molecule has 1 heterocycles. The van der Waals surface area contributed by atoms with E-state index in [1.165, 1.54) is 20.1 Å². The molecule has 0 unspecified atom stereocenters. The van der Waals surface area contributed by atoms with Crippen LogP contribution in [-0.2, 0) is 16.1 Å². The summed E-state index contributed by atoms with van der Waals surface area (Å²) in [5.74, 6) is -0.302. The molecule has 4 nitrogen and oxygen atoms in total. The monoisotopic (exact) mass is 182 g/mol. The Morgan fingerprint density at radius 2 is 2.15 bits per heavy atom. The summed E-state index contributed by atoms with van der Waals surface area (Å²) in [6, 6.07) is 1.61. The molecular formula is C9H10O4. The highest BCUT2D eigenvalue weighted by Gasteiger charge is 2.11. The summed E-state index contributed by atoms with van der Waals surface area (Å²) in [7, 11) is 0. The molecule has 1 aromatic rings. The molecule has 0 radical (unpaired) electrons. The summed E-state index contributed by atoms with van der Waals surface area (Å²) < 4.78 is 9.64. The van der Waals surface area contributed by atoms with Crippen LogP contribution in [0, 0.1) is 0 Å². The van der Waals surface area contributed by atoms with Crippen LogP contribution in [0.15, 0.2) is 16.7 Å². The van der Waals surface area contributed by atoms with Gasteiger partial charge < -0.3 is 9.15 Å². The third-order valence-electron chi connectivity index (χ3n) is 1.50. The van der Waals surface area contributed by atoms with Crippen molar-refractivity contribution in [3.8, 4) is 0 Å². The van der Waals surface area contributed by atoms with Gasteiger partial charge in [-0.25, -0.2) is 0 Å². The Morgan fingerprint density at radius 3 is 2.69 bits per heavy atom. The van der Waals surface area contributed by atoms with Crippen molar-refractivity contribution in [3.63, 3.8) is 0 Å². The first-order valence-corrected chi connectivity index (χ1v) is 3.82. The van der Waals surface area contributed by atoms with Gasteiger partial charge in [-0.2, -0.15) is 0 Å². The lowest BCUT2D eigenvalue weighted by atomic mass is 10.2. The number of carbonyl (C=O) groups is 2. The Kier molecular flexibility index (Phi) is 2.84. The number of ether oxygens (including phenoxy) is 1. The van der Waals surface area contributed by atoms with Gasteiger partial charge >= 0.3 is 5.97 Å². The maximum atomic E-state index is 10.9. The van der Waals surface area contributed by atoms with Crippen LogP contribution in [0.25, 0.3) is 0 Å². The molecule has 4 heteroatoms. The molecule has 0 spiro atoms. The molecule has 0 aliphatic carbocycles. The molecule has 0 N–H and O–H groups in total. The molecule has 0 bridgehead atoms. The lowest BCUT2D eigenvalue weighted by Crippen LogP contribution is -2.02. The van der Waals surface area contributed by atoms with Gasteiger partial charge in [-0.05, 0) is 6.07 Å². The zero-order valence-corrected chi connectivity index (χ0v) is 7.49. The Bertz CT molecular complexity index is 324. The predicted molar refractivity (Wildman–Crippen MR) is 44.2 cm³/mol. The molecule has 70 valence electrons. The van der Waals surface area contributed by atoms with Gasteiger partial charge in [0.15, 0.2) is 11.5 Å². The van der Waals surface area contributed by atoms with E-state index in [9.17, 15) is 9.59 Å². The third kappa shape index (κ3) is 2.43. The molecule has 1 aromatic heterocycles. The van der Waals surface area contributed by atoms with E-state index in [1.807, 2.05) is 0 Å². The summed E-state index contributed by atoms with van der Waals surface area (Å²) in [5.41, 5.74) is 0.600. The summed E-state index contributed by atoms with van der Waals surface area (Å²) >= 11 is 0. The number of furan rings is 1. The fraction of sp³-hybridized carbons (Fsp3) is 0.333. The number of esters is 1. The fourth-order valence-corrected chi connectivity index (χ4v) is 0.938. The van der Waals surface area contributed by atoms with Crippen molar-refractivity contribution in [2.24, 2.45) is 0 Å². The number of hydrogen-bond donors (Lipinski definition) is 0. The third-order valence-corrected chi connectivity index (χ3v) is 1.50. The molecule has 0 atom stereocenters. The van der Waals surface area contributed by atoms with Gasteiger partial charge in [0.1, 0.15) is 6.61 Å². The minimum atomic E-state index is -0.379. The van der Waals surface area contributed by atoms with Crippen LogP contribution in [0.2, 0.25) is 0 Å². The first-order chi connectivity index (χ1) is 6.11. The van der Waals surface area contributed by atoms with Crippen LogP contribution in [0.4, 0.5) is 0 Å². The Morgan fingerprint density at radius 1 is 1.46 bits per heavy atom. The second-order valence-corrected chi connectivity index (χ2v) is 2.61. The van der Waals surface area contributed by atoms with E-state index in [-0.39, 0.29) is 24.1 Å². The normalized spacial score (nSPS) is 9.69. The molecule has 0 aliphatic rings. The van der Waals surface area contributed by atoms with Gasteiger partial charge in [0.2, 0.25) is 0 Å². The van der Waals surface area contributed by atoms with E-state index in [4.69, 9.17) is 9.15 Å². The van der Waals surface area contributed by atoms with Gasteiger partial charge in [0.25, 0.3) is 0 Å². The summed E-state index contributed by atoms with van der Waals surface area (Å²) in [4.78, 5) is 21.4. The topological polar surface area (TPSA) is 56.5 Å². The minimum absolute atomic E-state index is 0.0841. The van der Waals surface area contributed by atoms with Gasteiger partial charge in [0.05, 0.1) is 6.26 Å². The first-order valence-electron chi connectivity index (χ1n) is 3.82. The quantitative estimate of drug-likeness (QED) is 0.525. The highest BCUT2D eigenvalue weighted by atomic mass is 16.5. The van der Waals surface area contributed by atoms with Crippen molar-refractivity contribution >= 4 is 11.8 Å². The van der Waals surface area contributed by atoms with E-state index in [2.05, 4.69) is 0 Å². The molecular weight excluding hydrogens is 172 g/mol. The average molecular weight is 182 g/mol. The zero-order valence-electron chi connectivity index (χ0n) is 7.49. The Labute approximate surface area is 75.5 Å². The molecule has 0 aromatic carbocycles. The van der Waals surface area contributed by atoms with E-state index in [0.29, 0.717) is 5.56 Å². The predicted octanol–water partition coefficient (Wildman–Crippen LogP) is 1.55. The second-order valence-electron chi connectivity index (χ2n) is 2.61. The lowest BCUT2D eigenvalue weighted by molar-refractivity contribution is -0.142. The van der Waals surface area contributed by atoms with Crippen LogP contribution < -0.4 is 0 Å². The van der Waals surface area contributed by atoms with Crippen LogP contribution in [0.5, 0.6) is 0 Å². The van der Waals surface area contributed by atoms with E-state index in [1.54, 1.807) is 6.07 Å². The highest BCUT2D eigenvalue weighted by Crippen LogP contribution is 2.12. The average Bonchev–Trinajstić information content (AvgIpc) is 2.47. The van der Waals surface area contributed by atoms with Crippen LogP contribution in [0.1, 0.15) is 30.0 Å². The fourth-order valence-electron chi connectivity index (χ4n) is 0.938. The van der Waals surface area contributed by atoms with Gasteiger partial charge in [-0.15, -0.1) is 0 Å². The largest absolute Gasteiger partial charge is 0.461 e. The second kappa shape index (κ2) is 3.89. The summed E-state index contributed by atoms with van der Waals surface area (Å²) in [5, 5.41) is 0. The molecule has 0 fully saturated rings. The van der Waals surface area contributed by atoms with Gasteiger partial charge in [-0.3, -0.25) is 9.59 Å². The molecule has 13 heavy (non-hydrogen) atoms. The zero-order chi connectivity index (χ0) is 9.84. The summed E-state index contributed by atoms with van der Waals surface area (Å²) in [6.45, 7) is 2.80. The maximum absolute atomic E-state index is 10.9. The lowest BCUT2D eigenvalue weighted by Gasteiger charge is -1.99. The molecule has 0 amide bonds. The molecule has 0 aliphatic heterocycles. The van der Waals surface area contributed by atoms with Gasteiger partial charge in [-0.1, -0.05) is 0 Å². The molecule has 1 rings (SSSR count). The van der Waals surface area contributed by atoms with Crippen molar-refractivity contribution in [1.82, 2.24) is 0 Å². The summed E-state index contributed by atoms with van der Waals surface area (Å²) in [6.07, 6.45) is 1.40. The minimum Gasteiger partial charge on any atom is -0.461 e. The highest BCUT2D eigenvalue weighted by molar-refractivity contribution is 5.92. The van der Waals surface area contributed by atoms with Crippen LogP contribution >= 0.6 is 0 Å².